The highest BCUT2D eigenvalue weighted by Crippen LogP contribution is 2.14. The number of nitrogens with one attached hydrogen (secondary N) is 1. The van der Waals surface area contributed by atoms with Crippen molar-refractivity contribution < 1.29 is 18.0 Å². The van der Waals surface area contributed by atoms with E-state index in [2.05, 4.69) is 5.32 Å². The van der Waals surface area contributed by atoms with E-state index in [1.807, 2.05) is 13.8 Å². The summed E-state index contributed by atoms with van der Waals surface area (Å²) >= 11 is 0. The minimum atomic E-state index is -3.02. The molecule has 2 unspecified atom stereocenters. The van der Waals surface area contributed by atoms with E-state index in [9.17, 15) is 18.0 Å². The topological polar surface area (TPSA) is 83.6 Å². The molecule has 0 spiro atoms. The highest BCUT2D eigenvalue weighted by Gasteiger charge is 2.32. The van der Waals surface area contributed by atoms with Gasteiger partial charge in [-0.1, -0.05) is 13.3 Å². The standard InChI is InChI=1S/C13H24N2O4S/c1-4-6-11-13(17)15(7-5-8-20(3,18)19)10(2)9-12(16)14-11/h10-11H,4-9H2,1-3H3,(H,14,16). The van der Waals surface area contributed by atoms with Crippen LogP contribution in [0.25, 0.3) is 0 Å². The number of amides is 2. The molecule has 1 N–H and O–H groups in total. The van der Waals surface area contributed by atoms with E-state index in [4.69, 9.17) is 0 Å². The highest BCUT2D eigenvalue weighted by molar-refractivity contribution is 7.90. The first-order chi connectivity index (χ1) is 9.24. The molecule has 0 aromatic rings. The number of nitrogens with zero attached hydrogens (tertiary/aromatic N) is 1. The predicted molar refractivity (Wildman–Crippen MR) is 77.0 cm³/mol. The summed E-state index contributed by atoms with van der Waals surface area (Å²) in [6, 6.07) is -0.667. The van der Waals surface area contributed by atoms with Crippen LogP contribution in [0.1, 0.15) is 39.5 Å². The molecule has 0 saturated carbocycles. The number of sulfone groups is 1. The van der Waals surface area contributed by atoms with Gasteiger partial charge in [0, 0.05) is 25.3 Å². The lowest BCUT2D eigenvalue weighted by Crippen LogP contribution is -2.46. The second-order valence-corrected chi connectivity index (χ2v) is 7.74. The molecular formula is C13H24N2O4S. The van der Waals surface area contributed by atoms with Crippen molar-refractivity contribution in [1.29, 1.82) is 0 Å². The van der Waals surface area contributed by atoms with Crippen molar-refractivity contribution in [2.75, 3.05) is 18.6 Å². The fourth-order valence-corrected chi connectivity index (χ4v) is 3.08. The number of rotatable bonds is 6. The Morgan fingerprint density at radius 3 is 2.55 bits per heavy atom. The monoisotopic (exact) mass is 304 g/mol. The van der Waals surface area contributed by atoms with Gasteiger partial charge in [-0.05, 0) is 19.8 Å². The van der Waals surface area contributed by atoms with Crippen LogP contribution in [-0.4, -0.2) is 55.8 Å². The van der Waals surface area contributed by atoms with Gasteiger partial charge in [-0.25, -0.2) is 8.42 Å². The largest absolute Gasteiger partial charge is 0.344 e. The number of hydrogen-bond donors (Lipinski definition) is 1. The molecule has 116 valence electrons. The summed E-state index contributed by atoms with van der Waals surface area (Å²) in [5.74, 6) is -0.155. The molecule has 0 aromatic carbocycles. The third-order valence-electron chi connectivity index (χ3n) is 3.42. The second kappa shape index (κ2) is 7.06. The van der Waals surface area contributed by atoms with Gasteiger partial charge in [0.25, 0.3) is 0 Å². The molecule has 1 aliphatic rings. The van der Waals surface area contributed by atoms with Crippen molar-refractivity contribution in [3.05, 3.63) is 0 Å². The molecule has 2 atom stereocenters. The van der Waals surface area contributed by atoms with Crippen molar-refractivity contribution in [2.45, 2.75) is 51.6 Å². The maximum absolute atomic E-state index is 12.4. The van der Waals surface area contributed by atoms with Gasteiger partial charge in [-0.15, -0.1) is 0 Å². The molecule has 1 saturated heterocycles. The SMILES string of the molecule is CCCC1NC(=O)CC(C)N(CCCS(C)(=O)=O)C1=O. The number of carbonyl (C=O) groups excluding carboxylic acids is 2. The number of hydrogen-bond acceptors (Lipinski definition) is 4. The Kier molecular flexibility index (Phi) is 5.98. The normalized spacial score (nSPS) is 24.4. The van der Waals surface area contributed by atoms with Crippen LogP contribution in [0.2, 0.25) is 0 Å². The summed E-state index contributed by atoms with van der Waals surface area (Å²) in [7, 11) is -3.02. The molecule has 0 aromatic heterocycles. The maximum Gasteiger partial charge on any atom is 0.245 e. The molecule has 7 heteroatoms. The maximum atomic E-state index is 12.4. The van der Waals surface area contributed by atoms with Crippen molar-refractivity contribution in [3.63, 3.8) is 0 Å². The van der Waals surface area contributed by atoms with Crippen molar-refractivity contribution >= 4 is 21.7 Å². The molecule has 2 amide bonds. The van der Waals surface area contributed by atoms with Crippen LogP contribution < -0.4 is 5.32 Å². The van der Waals surface area contributed by atoms with Crippen LogP contribution in [-0.2, 0) is 19.4 Å². The first kappa shape index (κ1) is 16.9. The second-order valence-electron chi connectivity index (χ2n) is 5.48. The summed E-state index contributed by atoms with van der Waals surface area (Å²) in [6.07, 6.45) is 3.28. The van der Waals surface area contributed by atoms with Crippen molar-refractivity contribution in [1.82, 2.24) is 10.2 Å². The Morgan fingerprint density at radius 1 is 1.35 bits per heavy atom. The van der Waals surface area contributed by atoms with Crippen LogP contribution in [0.4, 0.5) is 0 Å². The van der Waals surface area contributed by atoms with Crippen LogP contribution >= 0.6 is 0 Å². The van der Waals surface area contributed by atoms with E-state index in [-0.39, 0.29) is 30.0 Å². The quantitative estimate of drug-likeness (QED) is 0.766. The first-order valence-electron chi connectivity index (χ1n) is 7.02. The molecule has 0 bridgehead atoms. The third-order valence-corrected chi connectivity index (χ3v) is 4.45. The van der Waals surface area contributed by atoms with Crippen molar-refractivity contribution in [3.8, 4) is 0 Å². The summed E-state index contributed by atoms with van der Waals surface area (Å²) in [5.41, 5.74) is 0. The summed E-state index contributed by atoms with van der Waals surface area (Å²) in [4.78, 5) is 25.8. The van der Waals surface area contributed by atoms with Gasteiger partial charge < -0.3 is 10.2 Å². The fraction of sp³-hybridized carbons (Fsp3) is 0.846. The zero-order valence-electron chi connectivity index (χ0n) is 12.4. The molecule has 1 rings (SSSR count). The first-order valence-corrected chi connectivity index (χ1v) is 9.08. The molecule has 20 heavy (non-hydrogen) atoms. The summed E-state index contributed by atoms with van der Waals surface area (Å²) < 4.78 is 22.3. The van der Waals surface area contributed by atoms with Gasteiger partial charge in [0.2, 0.25) is 11.8 Å². The Morgan fingerprint density at radius 2 is 2.00 bits per heavy atom. The van der Waals surface area contributed by atoms with Gasteiger partial charge in [0.15, 0.2) is 0 Å². The highest BCUT2D eigenvalue weighted by atomic mass is 32.2. The van der Waals surface area contributed by atoms with Crippen LogP contribution in [0.3, 0.4) is 0 Å². The smallest absolute Gasteiger partial charge is 0.245 e. The van der Waals surface area contributed by atoms with Crippen molar-refractivity contribution in [2.24, 2.45) is 0 Å². The lowest BCUT2D eigenvalue weighted by molar-refractivity contribution is -0.135. The molecule has 0 aliphatic carbocycles. The van der Waals surface area contributed by atoms with E-state index in [0.29, 0.717) is 19.4 Å². The van der Waals surface area contributed by atoms with Crippen LogP contribution in [0, 0.1) is 0 Å². The van der Waals surface area contributed by atoms with E-state index < -0.39 is 15.9 Å². The number of carbonyl (C=O) groups is 2. The molecule has 1 aliphatic heterocycles. The Labute approximate surface area is 120 Å². The minimum Gasteiger partial charge on any atom is -0.344 e. The van der Waals surface area contributed by atoms with E-state index in [1.54, 1.807) is 4.90 Å². The Balaban J connectivity index is 2.73. The van der Waals surface area contributed by atoms with Gasteiger partial charge in [0.1, 0.15) is 15.9 Å². The summed E-state index contributed by atoms with van der Waals surface area (Å²) in [5, 5.41) is 2.75. The predicted octanol–water partition coefficient (Wildman–Crippen LogP) is 0.327. The lowest BCUT2D eigenvalue weighted by Gasteiger charge is -2.28. The summed E-state index contributed by atoms with van der Waals surface area (Å²) in [6.45, 7) is 4.16. The van der Waals surface area contributed by atoms with E-state index >= 15 is 0 Å². The zero-order chi connectivity index (χ0) is 15.3. The average Bonchev–Trinajstić information content (AvgIpc) is 2.39. The zero-order valence-corrected chi connectivity index (χ0v) is 13.2. The fourth-order valence-electron chi connectivity index (χ4n) is 2.42. The Hall–Kier alpha value is -1.11. The molecule has 0 radical (unpaired) electrons. The molecule has 1 fully saturated rings. The Bertz CT molecular complexity index is 461. The van der Waals surface area contributed by atoms with E-state index in [0.717, 1.165) is 6.42 Å². The average molecular weight is 304 g/mol. The minimum absolute atomic E-state index is 0.0588. The van der Waals surface area contributed by atoms with Gasteiger partial charge in [0.05, 0.1) is 5.75 Å². The third kappa shape index (κ3) is 5.11. The van der Waals surface area contributed by atoms with Gasteiger partial charge >= 0.3 is 0 Å². The van der Waals surface area contributed by atoms with E-state index in [1.165, 1.54) is 6.26 Å². The molecule has 6 nitrogen and oxygen atoms in total. The van der Waals surface area contributed by atoms with Crippen LogP contribution in [0.15, 0.2) is 0 Å². The van der Waals surface area contributed by atoms with Gasteiger partial charge in [-0.2, -0.15) is 0 Å². The van der Waals surface area contributed by atoms with Gasteiger partial charge in [-0.3, -0.25) is 9.59 Å². The molecular weight excluding hydrogens is 280 g/mol. The van der Waals surface area contributed by atoms with Crippen LogP contribution in [0.5, 0.6) is 0 Å². The molecule has 1 heterocycles. The lowest BCUT2D eigenvalue weighted by atomic mass is 10.1.